The van der Waals surface area contributed by atoms with E-state index in [-0.39, 0.29) is 10.1 Å². The molecule has 0 radical (unpaired) electrons. The Morgan fingerprint density at radius 2 is 2.00 bits per heavy atom. The first-order valence-corrected chi connectivity index (χ1v) is 15.2. The molecule has 33 heavy (non-hydrogen) atoms. The Hall–Kier alpha value is -1.20. The fourth-order valence-electron chi connectivity index (χ4n) is 6.69. The van der Waals surface area contributed by atoms with Crippen LogP contribution in [0.1, 0.15) is 86.0 Å². The van der Waals surface area contributed by atoms with Crippen LogP contribution in [0.4, 0.5) is 0 Å². The van der Waals surface area contributed by atoms with Gasteiger partial charge in [-0.2, -0.15) is 0 Å². The van der Waals surface area contributed by atoms with Gasteiger partial charge in [0.15, 0.2) is 0 Å². The van der Waals surface area contributed by atoms with Gasteiger partial charge < -0.3 is 0 Å². The van der Waals surface area contributed by atoms with Crippen LogP contribution in [0, 0.1) is 28.6 Å². The quantitative estimate of drug-likeness (QED) is 0.371. The third-order valence-electron chi connectivity index (χ3n) is 8.42. The van der Waals surface area contributed by atoms with Crippen LogP contribution in [-0.2, 0) is 9.84 Å². The molecule has 182 valence electrons. The Balaban J connectivity index is 1.46. The summed E-state index contributed by atoms with van der Waals surface area (Å²) in [7, 11) is -3.39. The lowest BCUT2D eigenvalue weighted by Gasteiger charge is -2.44. The minimum absolute atomic E-state index is 0.0839. The van der Waals surface area contributed by atoms with Gasteiger partial charge in [-0.25, -0.2) is 13.4 Å². The van der Waals surface area contributed by atoms with E-state index in [4.69, 9.17) is 0 Å². The highest BCUT2D eigenvalue weighted by molar-refractivity contribution is 7.93. The molecule has 1 heterocycles. The van der Waals surface area contributed by atoms with Gasteiger partial charge in [0.25, 0.3) is 0 Å². The summed E-state index contributed by atoms with van der Waals surface area (Å²) in [4.78, 5) is 4.41. The van der Waals surface area contributed by atoms with Gasteiger partial charge in [-0.05, 0) is 79.2 Å². The second kappa shape index (κ2) is 9.45. The van der Waals surface area contributed by atoms with Crippen molar-refractivity contribution >= 4 is 31.4 Å². The number of hydrogen-bond donors (Lipinski definition) is 0. The van der Waals surface area contributed by atoms with Gasteiger partial charge in [0.1, 0.15) is 0 Å². The average Bonchev–Trinajstić information content (AvgIpc) is 3.33. The molecule has 0 bridgehead atoms. The van der Waals surface area contributed by atoms with Gasteiger partial charge in [-0.1, -0.05) is 71.2 Å². The van der Waals surface area contributed by atoms with Crippen LogP contribution in [0.15, 0.2) is 40.3 Å². The molecule has 1 aromatic carbocycles. The summed E-state index contributed by atoms with van der Waals surface area (Å²) in [5, 5.41) is 0. The van der Waals surface area contributed by atoms with E-state index in [1.165, 1.54) is 61.9 Å². The predicted molar refractivity (Wildman–Crippen MR) is 140 cm³/mol. The first-order valence-electron chi connectivity index (χ1n) is 12.8. The van der Waals surface area contributed by atoms with E-state index in [0.29, 0.717) is 16.7 Å². The summed E-state index contributed by atoms with van der Waals surface area (Å²) >= 11 is 1.29. The topological polar surface area (TPSA) is 47.0 Å². The van der Waals surface area contributed by atoms with E-state index in [2.05, 4.69) is 45.7 Å². The zero-order chi connectivity index (χ0) is 23.9. The number of nitrogens with zero attached hydrogens (tertiary/aromatic N) is 1. The first kappa shape index (κ1) is 24.9. The van der Waals surface area contributed by atoms with E-state index in [1.807, 2.05) is 24.3 Å². The number of thiazole rings is 1. The molecule has 2 saturated carbocycles. The van der Waals surface area contributed by atoms with Crippen molar-refractivity contribution in [3.8, 4) is 0 Å². The zero-order valence-corrected chi connectivity index (χ0v) is 22.7. The number of benzene rings is 1. The van der Waals surface area contributed by atoms with Crippen LogP contribution in [0.2, 0.25) is 0 Å². The van der Waals surface area contributed by atoms with Crippen LogP contribution < -0.4 is 0 Å². The maximum atomic E-state index is 13.1. The molecular formula is C28H41NO2S2. The number of rotatable bonds is 7. The third kappa shape index (κ3) is 5.40. The summed E-state index contributed by atoms with van der Waals surface area (Å²) in [6.45, 7) is 12.0. The molecule has 0 saturated heterocycles. The number of allylic oxidation sites excluding steroid dienone is 1. The summed E-state index contributed by atoms with van der Waals surface area (Å²) in [6, 6.07) is 7.67. The zero-order valence-electron chi connectivity index (χ0n) is 21.1. The lowest BCUT2D eigenvalue weighted by molar-refractivity contribution is 0.0919. The molecule has 0 aliphatic heterocycles. The van der Waals surface area contributed by atoms with Gasteiger partial charge in [0, 0.05) is 0 Å². The first-order chi connectivity index (χ1) is 15.5. The number of sulfone groups is 1. The van der Waals surface area contributed by atoms with E-state index < -0.39 is 9.84 Å². The largest absolute Gasteiger partial charge is 0.225 e. The van der Waals surface area contributed by atoms with Crippen LogP contribution in [0.3, 0.4) is 0 Å². The highest BCUT2D eigenvalue weighted by Gasteiger charge is 2.50. The van der Waals surface area contributed by atoms with Crippen molar-refractivity contribution < 1.29 is 8.42 Å². The molecule has 2 aliphatic rings. The number of aromatic nitrogens is 1. The SMILES string of the molecule is C[C@H](CCCC(C)(C)C)C1CCC2/C(=C/CS(=O)(=O)c3nc4ccccc4s3)CCC[C@@]21C. The molecule has 0 amide bonds. The predicted octanol–water partition coefficient (Wildman–Crippen LogP) is 8.07. The molecule has 2 aromatic rings. The Morgan fingerprint density at radius 1 is 1.24 bits per heavy atom. The molecule has 4 rings (SSSR count). The van der Waals surface area contributed by atoms with E-state index in [9.17, 15) is 8.42 Å². The summed E-state index contributed by atoms with van der Waals surface area (Å²) in [5.74, 6) is 2.13. The van der Waals surface area contributed by atoms with Crippen LogP contribution in [0.25, 0.3) is 10.2 Å². The molecular weight excluding hydrogens is 446 g/mol. The van der Waals surface area contributed by atoms with Crippen LogP contribution in [0.5, 0.6) is 0 Å². The maximum Gasteiger partial charge on any atom is 0.210 e. The highest BCUT2D eigenvalue weighted by atomic mass is 32.2. The van der Waals surface area contributed by atoms with Gasteiger partial charge in [0.05, 0.1) is 16.0 Å². The second-order valence-electron chi connectivity index (χ2n) is 12.0. The van der Waals surface area contributed by atoms with Gasteiger partial charge >= 0.3 is 0 Å². The van der Waals surface area contributed by atoms with Gasteiger partial charge in [-0.15, -0.1) is 11.3 Å². The molecule has 2 fully saturated rings. The monoisotopic (exact) mass is 487 g/mol. The number of para-hydroxylation sites is 1. The molecule has 0 N–H and O–H groups in total. The van der Waals surface area contributed by atoms with Crippen molar-refractivity contribution in [1.29, 1.82) is 0 Å². The molecule has 2 aliphatic carbocycles. The highest BCUT2D eigenvalue weighted by Crippen LogP contribution is 2.60. The average molecular weight is 488 g/mol. The van der Waals surface area contributed by atoms with Gasteiger partial charge in [0.2, 0.25) is 14.2 Å². The van der Waals surface area contributed by atoms with Crippen LogP contribution >= 0.6 is 11.3 Å². The Kier molecular flexibility index (Phi) is 7.13. The molecule has 3 nitrogen and oxygen atoms in total. The minimum atomic E-state index is -3.39. The van der Waals surface area contributed by atoms with Crippen molar-refractivity contribution in [3.05, 3.63) is 35.9 Å². The summed E-state index contributed by atoms with van der Waals surface area (Å²) in [6.07, 6.45) is 12.0. The number of hydrogen-bond acceptors (Lipinski definition) is 4. The Morgan fingerprint density at radius 3 is 2.73 bits per heavy atom. The standard InChI is InChI=1S/C28H41NO2S2/c1-20(10-8-17-27(2,3)4)22-14-15-23-21(11-9-18-28(22,23)5)16-19-33(30,31)26-29-24-12-6-7-13-25(24)32-26/h6-7,12-13,16,20,22-23H,8-11,14-15,17-19H2,1-5H3/b21-16+/t20-,22?,23?,28-/m1/s1. The van der Waals surface area contributed by atoms with E-state index >= 15 is 0 Å². The van der Waals surface area contributed by atoms with Crippen molar-refractivity contribution in [2.45, 2.75) is 90.3 Å². The normalized spacial score (nSPS) is 28.3. The molecule has 1 aromatic heterocycles. The van der Waals surface area contributed by atoms with E-state index in [0.717, 1.165) is 28.5 Å². The fraction of sp³-hybridized carbons (Fsp3) is 0.679. The molecule has 2 unspecified atom stereocenters. The molecule has 0 spiro atoms. The lowest BCUT2D eigenvalue weighted by Crippen LogP contribution is -2.36. The smallest absolute Gasteiger partial charge is 0.210 e. The minimum Gasteiger partial charge on any atom is -0.225 e. The Bertz CT molecular complexity index is 1080. The van der Waals surface area contributed by atoms with Crippen LogP contribution in [-0.4, -0.2) is 19.2 Å². The summed E-state index contributed by atoms with van der Waals surface area (Å²) in [5.41, 5.74) is 2.92. The molecule has 4 atom stereocenters. The second-order valence-corrected chi connectivity index (χ2v) is 15.3. The maximum absolute atomic E-state index is 13.1. The lowest BCUT2D eigenvalue weighted by atomic mass is 9.60. The third-order valence-corrected chi connectivity index (χ3v) is 11.5. The Labute approximate surface area is 205 Å². The van der Waals surface area contributed by atoms with Crippen molar-refractivity contribution in [2.75, 3.05) is 5.75 Å². The van der Waals surface area contributed by atoms with Crippen molar-refractivity contribution in [2.24, 2.45) is 28.6 Å². The number of fused-ring (bicyclic) bond motifs is 2. The fourth-order valence-corrected chi connectivity index (χ4v) is 9.18. The van der Waals surface area contributed by atoms with Crippen molar-refractivity contribution in [1.82, 2.24) is 4.98 Å². The van der Waals surface area contributed by atoms with Crippen molar-refractivity contribution in [3.63, 3.8) is 0 Å². The molecule has 5 heteroatoms. The van der Waals surface area contributed by atoms with Gasteiger partial charge in [-0.3, -0.25) is 0 Å². The van der Waals surface area contributed by atoms with E-state index in [1.54, 1.807) is 0 Å². The summed E-state index contributed by atoms with van der Waals surface area (Å²) < 4.78 is 27.4.